The lowest BCUT2D eigenvalue weighted by molar-refractivity contribution is -0.139. The van der Waals surface area contributed by atoms with Gasteiger partial charge in [-0.1, -0.05) is 39.7 Å². The van der Waals surface area contributed by atoms with E-state index in [1.807, 2.05) is 6.92 Å². The second-order valence-corrected chi connectivity index (χ2v) is 7.67. The SMILES string of the molecule is CCCCCOC(=O)OC(C)CN[C@@H](Cc1ccc(OC(=O)CC)c(OC(=O)CC)c1)C(=O)O. The molecule has 0 aliphatic heterocycles. The van der Waals surface area contributed by atoms with Gasteiger partial charge in [0.15, 0.2) is 11.5 Å². The van der Waals surface area contributed by atoms with E-state index >= 15 is 0 Å². The fraction of sp³-hybridized carbons (Fsp3) is 0.583. The summed E-state index contributed by atoms with van der Waals surface area (Å²) >= 11 is 0. The van der Waals surface area contributed by atoms with Crippen LogP contribution in [0.4, 0.5) is 4.79 Å². The van der Waals surface area contributed by atoms with Crippen molar-refractivity contribution in [3.63, 3.8) is 0 Å². The van der Waals surface area contributed by atoms with Gasteiger partial charge in [-0.05, 0) is 37.5 Å². The predicted molar refractivity (Wildman–Crippen MR) is 123 cm³/mol. The van der Waals surface area contributed by atoms with E-state index in [1.54, 1.807) is 26.8 Å². The molecule has 0 radical (unpaired) electrons. The Kier molecular flexibility index (Phi) is 13.3. The van der Waals surface area contributed by atoms with Crippen LogP contribution in [0, 0.1) is 0 Å². The number of nitrogens with one attached hydrogen (secondary N) is 1. The topological polar surface area (TPSA) is 137 Å². The van der Waals surface area contributed by atoms with Crippen LogP contribution in [0.1, 0.15) is 65.4 Å². The zero-order valence-electron chi connectivity index (χ0n) is 20.3. The van der Waals surface area contributed by atoms with Crippen LogP contribution < -0.4 is 14.8 Å². The zero-order valence-corrected chi connectivity index (χ0v) is 20.3. The van der Waals surface area contributed by atoms with Crippen LogP contribution in [-0.4, -0.2) is 54.5 Å². The average molecular weight is 482 g/mol. The van der Waals surface area contributed by atoms with E-state index in [-0.39, 0.29) is 43.9 Å². The molecule has 2 N–H and O–H groups in total. The molecule has 1 rings (SSSR count). The van der Waals surface area contributed by atoms with Gasteiger partial charge < -0.3 is 29.4 Å². The Hall–Kier alpha value is -3.14. The van der Waals surface area contributed by atoms with Crippen LogP contribution in [0.5, 0.6) is 11.5 Å². The maximum absolute atomic E-state index is 11.8. The van der Waals surface area contributed by atoms with Crippen molar-refractivity contribution in [1.82, 2.24) is 5.32 Å². The van der Waals surface area contributed by atoms with Crippen molar-refractivity contribution in [1.29, 1.82) is 0 Å². The van der Waals surface area contributed by atoms with Gasteiger partial charge >= 0.3 is 24.1 Å². The van der Waals surface area contributed by atoms with Crippen molar-refractivity contribution in [2.75, 3.05) is 13.2 Å². The number of aliphatic carboxylic acids is 1. The molecular formula is C24H35NO9. The van der Waals surface area contributed by atoms with Gasteiger partial charge in [0.25, 0.3) is 0 Å². The summed E-state index contributed by atoms with van der Waals surface area (Å²) < 4.78 is 20.6. The van der Waals surface area contributed by atoms with Gasteiger partial charge in [0, 0.05) is 19.4 Å². The second kappa shape index (κ2) is 15.7. The molecule has 0 amide bonds. The Balaban J connectivity index is 2.77. The first-order valence-corrected chi connectivity index (χ1v) is 11.5. The van der Waals surface area contributed by atoms with Gasteiger partial charge in [-0.2, -0.15) is 0 Å². The summed E-state index contributed by atoms with van der Waals surface area (Å²) in [6.07, 6.45) is 1.60. The van der Waals surface area contributed by atoms with E-state index in [9.17, 15) is 24.3 Å². The number of carboxylic acid groups (broad SMARTS) is 1. The second-order valence-electron chi connectivity index (χ2n) is 7.67. The van der Waals surface area contributed by atoms with Gasteiger partial charge in [-0.3, -0.25) is 14.4 Å². The lowest BCUT2D eigenvalue weighted by Crippen LogP contribution is -2.42. The summed E-state index contributed by atoms with van der Waals surface area (Å²) in [5, 5.41) is 12.5. The van der Waals surface area contributed by atoms with Crippen LogP contribution >= 0.6 is 0 Å². The molecule has 0 bridgehead atoms. The van der Waals surface area contributed by atoms with Crippen molar-refractivity contribution < 1.29 is 43.2 Å². The number of rotatable bonds is 15. The highest BCUT2D eigenvalue weighted by atomic mass is 16.7. The molecule has 10 heteroatoms. The Bertz CT molecular complexity index is 825. The predicted octanol–water partition coefficient (Wildman–Crippen LogP) is 3.63. The number of ether oxygens (including phenoxy) is 4. The molecule has 10 nitrogen and oxygen atoms in total. The van der Waals surface area contributed by atoms with Crippen LogP contribution in [0.15, 0.2) is 18.2 Å². The molecule has 1 aromatic carbocycles. The average Bonchev–Trinajstić information content (AvgIpc) is 2.80. The van der Waals surface area contributed by atoms with Gasteiger partial charge in [-0.25, -0.2) is 4.79 Å². The highest BCUT2D eigenvalue weighted by molar-refractivity contribution is 5.76. The zero-order chi connectivity index (χ0) is 25.5. The smallest absolute Gasteiger partial charge is 0.480 e. The molecule has 0 spiro atoms. The number of unbranched alkanes of at least 4 members (excludes halogenated alkanes) is 2. The summed E-state index contributed by atoms with van der Waals surface area (Å²) in [5.74, 6) is -2.01. The van der Waals surface area contributed by atoms with Crippen LogP contribution in [0.25, 0.3) is 0 Å². The van der Waals surface area contributed by atoms with Gasteiger partial charge in [0.05, 0.1) is 6.61 Å². The normalized spacial score (nSPS) is 12.4. The molecule has 0 aliphatic carbocycles. The highest BCUT2D eigenvalue weighted by Crippen LogP contribution is 2.30. The lowest BCUT2D eigenvalue weighted by atomic mass is 10.0. The van der Waals surface area contributed by atoms with E-state index < -0.39 is 36.2 Å². The molecule has 34 heavy (non-hydrogen) atoms. The minimum absolute atomic E-state index is 0.0396. The lowest BCUT2D eigenvalue weighted by Gasteiger charge is -2.19. The van der Waals surface area contributed by atoms with Gasteiger partial charge in [0.2, 0.25) is 0 Å². The Morgan fingerprint density at radius 3 is 2.21 bits per heavy atom. The van der Waals surface area contributed by atoms with Gasteiger partial charge in [0.1, 0.15) is 12.1 Å². The van der Waals surface area contributed by atoms with Crippen molar-refractivity contribution >= 4 is 24.1 Å². The van der Waals surface area contributed by atoms with E-state index in [4.69, 9.17) is 18.9 Å². The van der Waals surface area contributed by atoms with E-state index in [1.165, 1.54) is 12.1 Å². The van der Waals surface area contributed by atoms with E-state index in [0.717, 1.165) is 19.3 Å². The minimum atomic E-state index is -1.11. The first-order valence-electron chi connectivity index (χ1n) is 11.5. The number of hydrogen-bond acceptors (Lipinski definition) is 9. The first kappa shape index (κ1) is 28.9. The largest absolute Gasteiger partial charge is 0.508 e. The summed E-state index contributed by atoms with van der Waals surface area (Å²) in [6, 6.07) is 3.51. The third-order valence-electron chi connectivity index (χ3n) is 4.69. The number of carbonyl (C=O) groups excluding carboxylic acids is 3. The molecule has 0 aromatic heterocycles. The van der Waals surface area contributed by atoms with Crippen molar-refractivity contribution in [2.24, 2.45) is 0 Å². The fourth-order valence-corrected chi connectivity index (χ4v) is 2.77. The molecule has 0 heterocycles. The maximum Gasteiger partial charge on any atom is 0.508 e. The van der Waals surface area contributed by atoms with Gasteiger partial charge in [-0.15, -0.1) is 0 Å². The Labute approximate surface area is 199 Å². The summed E-state index contributed by atoms with van der Waals surface area (Å²) in [4.78, 5) is 46.9. The number of carboxylic acids is 1. The molecule has 1 aromatic rings. The van der Waals surface area contributed by atoms with Crippen LogP contribution in [0.3, 0.4) is 0 Å². The number of carbonyl (C=O) groups is 4. The summed E-state index contributed by atoms with van der Waals surface area (Å²) in [7, 11) is 0. The third-order valence-corrected chi connectivity index (χ3v) is 4.69. The Morgan fingerprint density at radius 1 is 0.971 bits per heavy atom. The quantitative estimate of drug-likeness (QED) is 0.217. The molecular weight excluding hydrogens is 446 g/mol. The molecule has 0 fully saturated rings. The van der Waals surface area contributed by atoms with Crippen molar-refractivity contribution in [2.45, 2.75) is 78.4 Å². The molecule has 0 aliphatic rings. The molecule has 190 valence electrons. The molecule has 0 saturated carbocycles. The van der Waals surface area contributed by atoms with Crippen LogP contribution in [0.2, 0.25) is 0 Å². The summed E-state index contributed by atoms with van der Waals surface area (Å²) in [6.45, 7) is 7.29. The van der Waals surface area contributed by atoms with Crippen molar-refractivity contribution in [3.8, 4) is 11.5 Å². The highest BCUT2D eigenvalue weighted by Gasteiger charge is 2.21. The molecule has 1 unspecified atom stereocenters. The van der Waals surface area contributed by atoms with E-state index in [2.05, 4.69) is 5.32 Å². The monoisotopic (exact) mass is 481 g/mol. The first-order chi connectivity index (χ1) is 16.2. The fourth-order valence-electron chi connectivity index (χ4n) is 2.77. The third kappa shape index (κ3) is 11.1. The Morgan fingerprint density at radius 2 is 1.62 bits per heavy atom. The molecule has 2 atom stereocenters. The van der Waals surface area contributed by atoms with Crippen molar-refractivity contribution in [3.05, 3.63) is 23.8 Å². The number of hydrogen-bond donors (Lipinski definition) is 2. The maximum atomic E-state index is 11.8. The minimum Gasteiger partial charge on any atom is -0.480 e. The van der Waals surface area contributed by atoms with Crippen LogP contribution in [-0.2, 0) is 30.3 Å². The van der Waals surface area contributed by atoms with E-state index in [0.29, 0.717) is 5.56 Å². The number of benzene rings is 1. The molecule has 0 saturated heterocycles. The number of esters is 2. The standard InChI is InChI=1S/C24H35NO9/c1-5-8-9-12-31-24(30)32-16(4)15-25-18(23(28)29)13-17-10-11-19(33-21(26)6-2)20(14-17)34-22(27)7-3/h10-11,14,16,18,25H,5-9,12-13,15H2,1-4H3,(H,28,29)/t16?,18-/m0/s1. The summed E-state index contributed by atoms with van der Waals surface area (Å²) in [5.41, 5.74) is 0.541.